The van der Waals surface area contributed by atoms with Crippen LogP contribution in [0.1, 0.15) is 83.2 Å². The second-order valence-corrected chi connectivity index (χ2v) is 13.5. The standard InChI is InChI=1S/C32H41N3O5S2/c1-4-7-19-35(20-8-5-2)42(38,39)26-16-14-25(15-17-26)30(36)33-31-29(32(37)40-6-3)27-18-21-34(23-28(27)41-31)22-24-12-10-9-11-13-24/h9-17H,4-8,18-23H2,1-3H3,(H,33,36). The molecule has 1 aliphatic rings. The quantitative estimate of drug-likeness (QED) is 0.214. The molecule has 0 unspecified atom stereocenters. The Morgan fingerprint density at radius 3 is 2.26 bits per heavy atom. The normalized spacial score (nSPS) is 13.6. The minimum atomic E-state index is -3.66. The maximum Gasteiger partial charge on any atom is 0.341 e. The minimum Gasteiger partial charge on any atom is -0.462 e. The maximum absolute atomic E-state index is 13.3. The molecule has 0 atom stereocenters. The maximum atomic E-state index is 13.3. The summed E-state index contributed by atoms with van der Waals surface area (Å²) in [5.41, 5.74) is 2.89. The second-order valence-electron chi connectivity index (χ2n) is 10.5. The average molecular weight is 612 g/mol. The number of anilines is 1. The molecule has 0 saturated carbocycles. The van der Waals surface area contributed by atoms with E-state index in [9.17, 15) is 18.0 Å². The molecule has 4 rings (SSSR count). The van der Waals surface area contributed by atoms with Crippen LogP contribution >= 0.6 is 11.3 Å². The lowest BCUT2D eigenvalue weighted by Crippen LogP contribution is -2.33. The SMILES string of the molecule is CCCCN(CCCC)S(=O)(=O)c1ccc(C(=O)Nc2sc3c(c2C(=O)OCC)CCN(Cc2ccccc2)C3)cc1. The third kappa shape index (κ3) is 7.66. The van der Waals surface area contributed by atoms with Gasteiger partial charge in [0.15, 0.2) is 0 Å². The minimum absolute atomic E-state index is 0.170. The van der Waals surface area contributed by atoms with Crippen LogP contribution in [0.3, 0.4) is 0 Å². The van der Waals surface area contributed by atoms with Crippen molar-refractivity contribution in [2.24, 2.45) is 0 Å². The zero-order valence-electron chi connectivity index (χ0n) is 24.7. The number of unbranched alkanes of at least 4 members (excludes halogenated alkanes) is 2. The molecule has 3 aromatic rings. The molecule has 0 radical (unpaired) electrons. The predicted molar refractivity (Wildman–Crippen MR) is 168 cm³/mol. The number of fused-ring (bicyclic) bond motifs is 1. The Morgan fingerprint density at radius 1 is 0.976 bits per heavy atom. The van der Waals surface area contributed by atoms with Crippen molar-refractivity contribution in [2.75, 3.05) is 31.6 Å². The van der Waals surface area contributed by atoms with E-state index in [4.69, 9.17) is 4.74 Å². The van der Waals surface area contributed by atoms with Crippen molar-refractivity contribution in [3.63, 3.8) is 0 Å². The number of hydrogen-bond donors (Lipinski definition) is 1. The number of carbonyl (C=O) groups excluding carboxylic acids is 2. The van der Waals surface area contributed by atoms with Crippen LogP contribution in [0, 0.1) is 0 Å². The van der Waals surface area contributed by atoms with Crippen molar-refractivity contribution in [3.05, 3.63) is 81.7 Å². The van der Waals surface area contributed by atoms with Gasteiger partial charge in [-0.15, -0.1) is 11.3 Å². The number of esters is 1. The number of hydrogen-bond acceptors (Lipinski definition) is 7. The fraction of sp³-hybridized carbons (Fsp3) is 0.438. The van der Waals surface area contributed by atoms with Crippen LogP contribution < -0.4 is 5.32 Å². The van der Waals surface area contributed by atoms with Gasteiger partial charge in [-0.2, -0.15) is 4.31 Å². The summed E-state index contributed by atoms with van der Waals surface area (Å²) >= 11 is 1.40. The molecule has 8 nitrogen and oxygen atoms in total. The van der Waals surface area contributed by atoms with Crippen LogP contribution in [0.2, 0.25) is 0 Å². The number of amides is 1. The third-order valence-electron chi connectivity index (χ3n) is 7.37. The van der Waals surface area contributed by atoms with Crippen molar-refractivity contribution in [3.8, 4) is 0 Å². The fourth-order valence-electron chi connectivity index (χ4n) is 5.06. The van der Waals surface area contributed by atoms with Gasteiger partial charge in [0.1, 0.15) is 5.00 Å². The molecule has 2 aromatic carbocycles. The Morgan fingerprint density at radius 2 is 1.64 bits per heavy atom. The number of benzene rings is 2. The van der Waals surface area contributed by atoms with Gasteiger partial charge in [-0.1, -0.05) is 57.0 Å². The summed E-state index contributed by atoms with van der Waals surface area (Å²) in [4.78, 5) is 29.9. The summed E-state index contributed by atoms with van der Waals surface area (Å²) < 4.78 is 33.6. The van der Waals surface area contributed by atoms with Gasteiger partial charge in [0.25, 0.3) is 5.91 Å². The number of nitrogens with zero attached hydrogens (tertiary/aromatic N) is 2. The van der Waals surface area contributed by atoms with E-state index in [-0.39, 0.29) is 11.5 Å². The number of rotatable bonds is 14. The molecule has 10 heteroatoms. The molecule has 1 aromatic heterocycles. The molecule has 1 amide bonds. The Balaban J connectivity index is 1.53. The Labute approximate surface area is 253 Å². The number of sulfonamides is 1. The van der Waals surface area contributed by atoms with Crippen molar-refractivity contribution >= 4 is 38.2 Å². The molecule has 1 aliphatic heterocycles. The molecule has 1 N–H and O–H groups in total. The molecule has 0 bridgehead atoms. The van der Waals surface area contributed by atoms with Gasteiger partial charge in [-0.05, 0) is 61.6 Å². The van der Waals surface area contributed by atoms with E-state index in [2.05, 4.69) is 22.3 Å². The first-order chi connectivity index (χ1) is 20.3. The summed E-state index contributed by atoms with van der Waals surface area (Å²) in [5.74, 6) is -0.847. The van der Waals surface area contributed by atoms with Crippen molar-refractivity contribution in [2.45, 2.75) is 70.9 Å². The summed E-state index contributed by atoms with van der Waals surface area (Å²) in [6.45, 7) is 9.30. The van der Waals surface area contributed by atoms with Gasteiger partial charge in [0.2, 0.25) is 10.0 Å². The van der Waals surface area contributed by atoms with Crippen LogP contribution in [-0.4, -0.2) is 55.7 Å². The highest BCUT2D eigenvalue weighted by molar-refractivity contribution is 7.89. The smallest absolute Gasteiger partial charge is 0.341 e. The molecule has 0 aliphatic carbocycles. The number of thiophene rings is 1. The highest BCUT2D eigenvalue weighted by Gasteiger charge is 2.30. The van der Waals surface area contributed by atoms with E-state index in [1.165, 1.54) is 45.5 Å². The number of nitrogens with one attached hydrogen (secondary N) is 1. The first-order valence-corrected chi connectivity index (χ1v) is 17.0. The van der Waals surface area contributed by atoms with Crippen LogP contribution in [-0.2, 0) is 34.3 Å². The summed E-state index contributed by atoms with van der Waals surface area (Å²) in [7, 11) is -3.66. The lowest BCUT2D eigenvalue weighted by atomic mass is 10.0. The lowest BCUT2D eigenvalue weighted by Gasteiger charge is -2.27. The molecule has 0 fully saturated rings. The monoisotopic (exact) mass is 611 g/mol. The number of carbonyl (C=O) groups is 2. The summed E-state index contributed by atoms with van der Waals surface area (Å²) in [6.07, 6.45) is 4.08. The van der Waals surface area contributed by atoms with Crippen LogP contribution in [0.15, 0.2) is 59.5 Å². The Hall–Kier alpha value is -3.05. The molecule has 226 valence electrons. The zero-order valence-corrected chi connectivity index (χ0v) is 26.4. The van der Waals surface area contributed by atoms with E-state index in [1.54, 1.807) is 6.92 Å². The van der Waals surface area contributed by atoms with Gasteiger partial charge in [-0.3, -0.25) is 9.69 Å². The van der Waals surface area contributed by atoms with E-state index in [1.807, 2.05) is 32.0 Å². The number of ether oxygens (including phenoxy) is 1. The summed E-state index contributed by atoms with van der Waals surface area (Å²) in [6, 6.07) is 16.3. The Bertz CT molecular complexity index is 1450. The van der Waals surface area contributed by atoms with Crippen LogP contribution in [0.25, 0.3) is 0 Å². The molecule has 2 heterocycles. The topological polar surface area (TPSA) is 96.0 Å². The molecular weight excluding hydrogens is 571 g/mol. The van der Waals surface area contributed by atoms with Crippen molar-refractivity contribution in [1.82, 2.24) is 9.21 Å². The highest BCUT2D eigenvalue weighted by atomic mass is 32.2. The van der Waals surface area contributed by atoms with E-state index in [0.717, 1.165) is 49.2 Å². The average Bonchev–Trinajstić information content (AvgIpc) is 3.34. The third-order valence-corrected chi connectivity index (χ3v) is 10.4. The highest BCUT2D eigenvalue weighted by Crippen LogP contribution is 2.38. The molecule has 0 spiro atoms. The first-order valence-electron chi connectivity index (χ1n) is 14.8. The van der Waals surface area contributed by atoms with Crippen LogP contribution in [0.5, 0.6) is 0 Å². The zero-order chi connectivity index (χ0) is 30.1. The van der Waals surface area contributed by atoms with Gasteiger partial charge in [-0.25, -0.2) is 13.2 Å². The molecule has 0 saturated heterocycles. The van der Waals surface area contributed by atoms with Crippen LogP contribution in [0.4, 0.5) is 5.00 Å². The molecule has 42 heavy (non-hydrogen) atoms. The predicted octanol–water partition coefficient (Wildman–Crippen LogP) is 6.33. The molecular formula is C32H41N3O5S2. The van der Waals surface area contributed by atoms with Gasteiger partial charge >= 0.3 is 5.97 Å². The lowest BCUT2D eigenvalue weighted by molar-refractivity contribution is 0.0526. The van der Waals surface area contributed by atoms with Crippen molar-refractivity contribution < 1.29 is 22.7 Å². The first kappa shape index (κ1) is 31.9. The fourth-order valence-corrected chi connectivity index (χ4v) is 7.85. The largest absolute Gasteiger partial charge is 0.462 e. The second kappa shape index (κ2) is 14.9. The van der Waals surface area contributed by atoms with E-state index in [0.29, 0.717) is 42.2 Å². The van der Waals surface area contributed by atoms with E-state index < -0.39 is 21.9 Å². The summed E-state index contributed by atoms with van der Waals surface area (Å²) in [5, 5.41) is 3.39. The van der Waals surface area contributed by atoms with Gasteiger partial charge in [0, 0.05) is 43.2 Å². The Kier molecular flexibility index (Phi) is 11.3. The van der Waals surface area contributed by atoms with Crippen molar-refractivity contribution in [1.29, 1.82) is 0 Å². The van der Waals surface area contributed by atoms with Gasteiger partial charge in [0.05, 0.1) is 17.1 Å². The van der Waals surface area contributed by atoms with E-state index >= 15 is 0 Å². The van der Waals surface area contributed by atoms with Gasteiger partial charge < -0.3 is 10.1 Å².